The molecule has 2 aromatic rings. The van der Waals surface area contributed by atoms with Gasteiger partial charge in [-0.15, -0.1) is 11.3 Å². The monoisotopic (exact) mass is 314 g/mol. The first-order valence-electron chi connectivity index (χ1n) is 6.53. The third-order valence-corrected chi connectivity index (χ3v) is 4.04. The SMILES string of the molecule is CCNC(c1csc(C)n1)c1c(Cl)cnn1CCOC. The standard InChI is InChI=1S/C13H19ClN4OS/c1-4-15-12(11-8-20-9(2)17-11)13-10(14)7-16-18(13)5-6-19-3/h7-8,12,15H,4-6H2,1-3H3. The minimum absolute atomic E-state index is 0.0446. The second-order valence-corrected chi connectivity index (χ2v) is 5.85. The number of thiazole rings is 1. The summed E-state index contributed by atoms with van der Waals surface area (Å²) in [5.41, 5.74) is 1.92. The van der Waals surface area contributed by atoms with Crippen molar-refractivity contribution in [3.63, 3.8) is 0 Å². The Morgan fingerprint density at radius 1 is 1.55 bits per heavy atom. The van der Waals surface area contributed by atoms with E-state index < -0.39 is 0 Å². The van der Waals surface area contributed by atoms with Gasteiger partial charge in [-0.3, -0.25) is 4.68 Å². The van der Waals surface area contributed by atoms with Crippen LogP contribution >= 0.6 is 22.9 Å². The van der Waals surface area contributed by atoms with E-state index in [0.29, 0.717) is 18.2 Å². The smallest absolute Gasteiger partial charge is 0.0945 e. The fraction of sp³-hybridized carbons (Fsp3) is 0.538. The maximum absolute atomic E-state index is 6.32. The second-order valence-electron chi connectivity index (χ2n) is 4.38. The number of ether oxygens (including phenoxy) is 1. The average molecular weight is 315 g/mol. The summed E-state index contributed by atoms with van der Waals surface area (Å²) in [5.74, 6) is 0. The molecule has 2 heterocycles. The summed E-state index contributed by atoms with van der Waals surface area (Å²) in [6.45, 7) is 6.16. The minimum Gasteiger partial charge on any atom is -0.383 e. The zero-order chi connectivity index (χ0) is 14.5. The van der Waals surface area contributed by atoms with Crippen LogP contribution in [0.15, 0.2) is 11.6 Å². The molecule has 2 rings (SSSR count). The van der Waals surface area contributed by atoms with Crippen LogP contribution in [0.3, 0.4) is 0 Å². The number of hydrogen-bond acceptors (Lipinski definition) is 5. The van der Waals surface area contributed by atoms with E-state index in [-0.39, 0.29) is 6.04 Å². The third-order valence-electron chi connectivity index (χ3n) is 2.95. The molecule has 0 fully saturated rings. The summed E-state index contributed by atoms with van der Waals surface area (Å²) in [5, 5.41) is 11.5. The fourth-order valence-electron chi connectivity index (χ4n) is 2.07. The Hall–Kier alpha value is -0.950. The van der Waals surface area contributed by atoms with E-state index in [1.807, 2.05) is 11.6 Å². The first kappa shape index (κ1) is 15.4. The highest BCUT2D eigenvalue weighted by Crippen LogP contribution is 2.29. The van der Waals surface area contributed by atoms with Crippen LogP contribution in [0.5, 0.6) is 0 Å². The molecule has 0 aliphatic heterocycles. The molecule has 0 aliphatic carbocycles. The van der Waals surface area contributed by atoms with Gasteiger partial charge in [-0.05, 0) is 13.5 Å². The van der Waals surface area contributed by atoms with Gasteiger partial charge in [0.05, 0.1) is 46.8 Å². The minimum atomic E-state index is -0.0446. The lowest BCUT2D eigenvalue weighted by atomic mass is 10.1. The molecule has 7 heteroatoms. The molecule has 0 amide bonds. The number of methoxy groups -OCH3 is 1. The predicted molar refractivity (Wildman–Crippen MR) is 81.5 cm³/mol. The molecule has 0 radical (unpaired) electrons. The lowest BCUT2D eigenvalue weighted by Crippen LogP contribution is -2.26. The lowest BCUT2D eigenvalue weighted by Gasteiger charge is -2.18. The molecule has 0 bridgehead atoms. The normalized spacial score (nSPS) is 12.8. The summed E-state index contributed by atoms with van der Waals surface area (Å²) in [6.07, 6.45) is 1.68. The molecule has 20 heavy (non-hydrogen) atoms. The number of nitrogens with one attached hydrogen (secondary N) is 1. The van der Waals surface area contributed by atoms with Gasteiger partial charge in [0, 0.05) is 12.5 Å². The predicted octanol–water partition coefficient (Wildman–Crippen LogP) is 2.65. The van der Waals surface area contributed by atoms with Crippen LogP contribution in [0, 0.1) is 6.92 Å². The van der Waals surface area contributed by atoms with Crippen LogP contribution in [-0.2, 0) is 11.3 Å². The van der Waals surface area contributed by atoms with Crippen molar-refractivity contribution in [2.24, 2.45) is 0 Å². The molecular weight excluding hydrogens is 296 g/mol. The van der Waals surface area contributed by atoms with Crippen LogP contribution in [-0.4, -0.2) is 35.0 Å². The number of hydrogen-bond donors (Lipinski definition) is 1. The molecule has 110 valence electrons. The van der Waals surface area contributed by atoms with E-state index >= 15 is 0 Å². The Bertz CT molecular complexity index is 554. The van der Waals surface area contributed by atoms with Crippen molar-refractivity contribution in [3.8, 4) is 0 Å². The number of nitrogens with zero attached hydrogens (tertiary/aromatic N) is 3. The number of aromatic nitrogens is 3. The lowest BCUT2D eigenvalue weighted by molar-refractivity contribution is 0.182. The van der Waals surface area contributed by atoms with Crippen molar-refractivity contribution in [2.45, 2.75) is 26.4 Å². The Balaban J connectivity index is 2.35. The molecule has 5 nitrogen and oxygen atoms in total. The van der Waals surface area contributed by atoms with E-state index in [9.17, 15) is 0 Å². The Kier molecular flexibility index (Phi) is 5.54. The average Bonchev–Trinajstić information content (AvgIpc) is 3.01. The highest BCUT2D eigenvalue weighted by Gasteiger charge is 2.23. The van der Waals surface area contributed by atoms with Crippen molar-refractivity contribution in [1.82, 2.24) is 20.1 Å². The molecule has 0 aliphatic rings. The van der Waals surface area contributed by atoms with Gasteiger partial charge in [-0.25, -0.2) is 4.98 Å². The zero-order valence-electron chi connectivity index (χ0n) is 11.9. The molecule has 0 spiro atoms. The van der Waals surface area contributed by atoms with Gasteiger partial charge >= 0.3 is 0 Å². The summed E-state index contributed by atoms with van der Waals surface area (Å²) in [6, 6.07) is -0.0446. The fourth-order valence-corrected chi connectivity index (χ4v) is 2.96. The van der Waals surface area contributed by atoms with Crippen molar-refractivity contribution >= 4 is 22.9 Å². The number of rotatable bonds is 7. The highest BCUT2D eigenvalue weighted by molar-refractivity contribution is 7.09. The molecule has 1 atom stereocenters. The summed E-state index contributed by atoms with van der Waals surface area (Å²) in [7, 11) is 1.68. The Morgan fingerprint density at radius 2 is 2.35 bits per heavy atom. The van der Waals surface area contributed by atoms with Crippen molar-refractivity contribution in [3.05, 3.63) is 33.0 Å². The molecule has 0 aromatic carbocycles. The van der Waals surface area contributed by atoms with Gasteiger partial charge in [0.25, 0.3) is 0 Å². The van der Waals surface area contributed by atoms with Crippen LogP contribution in [0.2, 0.25) is 5.02 Å². The second kappa shape index (κ2) is 7.17. The maximum atomic E-state index is 6.32. The molecule has 0 saturated heterocycles. The molecule has 1 unspecified atom stereocenters. The topological polar surface area (TPSA) is 52.0 Å². The van der Waals surface area contributed by atoms with Crippen molar-refractivity contribution in [2.75, 3.05) is 20.3 Å². The van der Waals surface area contributed by atoms with Crippen LogP contribution in [0.25, 0.3) is 0 Å². The van der Waals surface area contributed by atoms with Gasteiger partial charge < -0.3 is 10.1 Å². The quantitative estimate of drug-likeness (QED) is 0.853. The molecule has 1 N–H and O–H groups in total. The Labute approximate surface area is 127 Å². The van der Waals surface area contributed by atoms with Gasteiger partial charge in [0.15, 0.2) is 0 Å². The van der Waals surface area contributed by atoms with Crippen LogP contribution in [0.4, 0.5) is 0 Å². The third kappa shape index (κ3) is 3.38. The zero-order valence-corrected chi connectivity index (χ0v) is 13.5. The van der Waals surface area contributed by atoms with Crippen LogP contribution < -0.4 is 5.32 Å². The summed E-state index contributed by atoms with van der Waals surface area (Å²) >= 11 is 7.96. The van der Waals surface area contributed by atoms with E-state index in [1.165, 1.54) is 0 Å². The Morgan fingerprint density at radius 3 is 2.95 bits per heavy atom. The van der Waals surface area contributed by atoms with E-state index in [4.69, 9.17) is 16.3 Å². The van der Waals surface area contributed by atoms with Crippen LogP contribution in [0.1, 0.15) is 29.4 Å². The van der Waals surface area contributed by atoms with E-state index in [0.717, 1.165) is 22.9 Å². The molecular formula is C13H19ClN4OS. The number of aryl methyl sites for hydroxylation is 1. The van der Waals surface area contributed by atoms with Gasteiger partial charge in [0.2, 0.25) is 0 Å². The van der Waals surface area contributed by atoms with Gasteiger partial charge in [-0.2, -0.15) is 5.10 Å². The largest absolute Gasteiger partial charge is 0.383 e. The van der Waals surface area contributed by atoms with E-state index in [2.05, 4.69) is 27.7 Å². The summed E-state index contributed by atoms with van der Waals surface area (Å²) in [4.78, 5) is 4.57. The van der Waals surface area contributed by atoms with Gasteiger partial charge in [0.1, 0.15) is 0 Å². The molecule has 0 saturated carbocycles. The van der Waals surface area contributed by atoms with Gasteiger partial charge in [-0.1, -0.05) is 18.5 Å². The first-order valence-corrected chi connectivity index (χ1v) is 7.78. The number of halogens is 1. The van der Waals surface area contributed by atoms with Crippen molar-refractivity contribution < 1.29 is 4.74 Å². The molecule has 2 aromatic heterocycles. The van der Waals surface area contributed by atoms with E-state index in [1.54, 1.807) is 24.6 Å². The van der Waals surface area contributed by atoms with Crippen molar-refractivity contribution in [1.29, 1.82) is 0 Å². The summed E-state index contributed by atoms with van der Waals surface area (Å²) < 4.78 is 7.00. The first-order chi connectivity index (χ1) is 9.67. The maximum Gasteiger partial charge on any atom is 0.0945 e. The highest BCUT2D eigenvalue weighted by atomic mass is 35.5.